The molecule has 0 aliphatic heterocycles. The van der Waals surface area contributed by atoms with Crippen molar-refractivity contribution < 1.29 is 0 Å². The number of allylic oxidation sites excluding steroid dienone is 3. The minimum absolute atomic E-state index is 0.468. The van der Waals surface area contributed by atoms with E-state index in [1.165, 1.54) is 34.2 Å². The van der Waals surface area contributed by atoms with E-state index in [1.54, 1.807) is 11.1 Å². The van der Waals surface area contributed by atoms with Gasteiger partial charge in [0.25, 0.3) is 0 Å². The number of hydrogen-bond acceptors (Lipinski definition) is 1. The number of likely N-dealkylation sites (N-methyl/N-ethyl adjacent to an activating group) is 1. The van der Waals surface area contributed by atoms with E-state index in [4.69, 9.17) is 0 Å². The summed E-state index contributed by atoms with van der Waals surface area (Å²) in [5, 5.41) is 3.54. The Hall–Kier alpha value is -2.12. The third kappa shape index (κ3) is 2.58. The van der Waals surface area contributed by atoms with E-state index in [-0.39, 0.29) is 0 Å². The van der Waals surface area contributed by atoms with Gasteiger partial charge in [-0.15, -0.1) is 0 Å². The monoisotopic (exact) mass is 329 g/mol. The summed E-state index contributed by atoms with van der Waals surface area (Å²) in [6, 6.07) is 18.2. The van der Waals surface area contributed by atoms with Crippen LogP contribution in [-0.2, 0) is 0 Å². The Morgan fingerprint density at radius 1 is 1.04 bits per heavy atom. The summed E-state index contributed by atoms with van der Waals surface area (Å²) in [7, 11) is 2.10. The molecule has 0 heterocycles. The fourth-order valence-corrected chi connectivity index (χ4v) is 4.82. The lowest BCUT2D eigenvalue weighted by molar-refractivity contribution is 0.585. The number of fused-ring (bicyclic) bond motifs is 3. The molecule has 0 bridgehead atoms. The van der Waals surface area contributed by atoms with Crippen LogP contribution in [0.25, 0.3) is 16.7 Å². The number of rotatable bonds is 4. The van der Waals surface area contributed by atoms with Gasteiger partial charge in [0.1, 0.15) is 0 Å². The lowest BCUT2D eigenvalue weighted by Gasteiger charge is -2.26. The Morgan fingerprint density at radius 3 is 2.52 bits per heavy atom. The Balaban J connectivity index is 1.91. The first-order chi connectivity index (χ1) is 12.3. The van der Waals surface area contributed by atoms with Crippen molar-refractivity contribution in [3.05, 3.63) is 76.9 Å². The van der Waals surface area contributed by atoms with Crippen molar-refractivity contribution in [2.45, 2.75) is 45.1 Å². The van der Waals surface area contributed by atoms with Crippen molar-refractivity contribution >= 4 is 5.57 Å². The van der Waals surface area contributed by atoms with E-state index in [9.17, 15) is 0 Å². The van der Waals surface area contributed by atoms with Crippen molar-refractivity contribution in [2.24, 2.45) is 0 Å². The molecule has 2 aromatic rings. The molecule has 2 aromatic carbocycles. The average molecular weight is 329 g/mol. The highest BCUT2D eigenvalue weighted by Crippen LogP contribution is 2.52. The molecule has 0 amide bonds. The normalized spacial score (nSPS) is 20.1. The molecule has 0 fully saturated rings. The fourth-order valence-electron chi connectivity index (χ4n) is 4.82. The number of benzene rings is 2. The molecule has 2 aliphatic rings. The van der Waals surface area contributed by atoms with Crippen LogP contribution in [0.3, 0.4) is 0 Å². The molecule has 2 atom stereocenters. The standard InChI is InChI=1S/C24H27N/c1-4-22(25-3)21-15-9-14-20-19-13-8-12-18(17-10-6-5-7-11-17)23(19)16(2)24(20)21/h5-8,10-14,16,22,25H,4,9,15H2,1-3H3. The number of hydrogen-bond donors (Lipinski definition) is 1. The van der Waals surface area contributed by atoms with Crippen LogP contribution in [0, 0.1) is 0 Å². The smallest absolute Gasteiger partial charge is 0.0280 e. The highest BCUT2D eigenvalue weighted by atomic mass is 14.9. The van der Waals surface area contributed by atoms with Crippen LogP contribution in [0.1, 0.15) is 50.2 Å². The summed E-state index contributed by atoms with van der Waals surface area (Å²) in [6.07, 6.45) is 5.97. The molecular weight excluding hydrogens is 302 g/mol. The van der Waals surface area contributed by atoms with Crippen molar-refractivity contribution in [2.75, 3.05) is 7.05 Å². The Morgan fingerprint density at radius 2 is 1.80 bits per heavy atom. The minimum atomic E-state index is 0.468. The Labute approximate surface area is 151 Å². The molecule has 1 nitrogen and oxygen atoms in total. The summed E-state index contributed by atoms with van der Waals surface area (Å²) < 4.78 is 0. The van der Waals surface area contributed by atoms with E-state index in [0.717, 1.165) is 12.8 Å². The van der Waals surface area contributed by atoms with Gasteiger partial charge in [-0.25, -0.2) is 0 Å². The molecule has 2 aliphatic carbocycles. The fraction of sp³-hybridized carbons (Fsp3) is 0.333. The second-order valence-corrected chi connectivity index (χ2v) is 7.20. The molecular formula is C24H27N. The van der Waals surface area contributed by atoms with Crippen LogP contribution >= 0.6 is 0 Å². The highest BCUT2D eigenvalue weighted by Gasteiger charge is 2.35. The third-order valence-electron chi connectivity index (χ3n) is 5.92. The van der Waals surface area contributed by atoms with Crippen LogP contribution in [0.2, 0.25) is 0 Å². The first-order valence-corrected chi connectivity index (χ1v) is 9.55. The van der Waals surface area contributed by atoms with Gasteiger partial charge in [0.15, 0.2) is 0 Å². The summed E-state index contributed by atoms with van der Waals surface area (Å²) in [6.45, 7) is 4.68. The molecule has 0 saturated carbocycles. The third-order valence-corrected chi connectivity index (χ3v) is 5.92. The van der Waals surface area contributed by atoms with Crippen LogP contribution < -0.4 is 5.32 Å². The van der Waals surface area contributed by atoms with Crippen molar-refractivity contribution in [1.82, 2.24) is 5.32 Å². The van der Waals surface area contributed by atoms with Gasteiger partial charge in [-0.05, 0) is 65.3 Å². The van der Waals surface area contributed by atoms with Gasteiger partial charge in [0.2, 0.25) is 0 Å². The van der Waals surface area contributed by atoms with Crippen molar-refractivity contribution in [1.29, 1.82) is 0 Å². The summed E-state index contributed by atoms with van der Waals surface area (Å²) >= 11 is 0. The lowest BCUT2D eigenvalue weighted by Crippen LogP contribution is -2.28. The van der Waals surface area contributed by atoms with E-state index in [0.29, 0.717) is 12.0 Å². The van der Waals surface area contributed by atoms with Crippen LogP contribution in [0.5, 0.6) is 0 Å². The molecule has 0 radical (unpaired) electrons. The number of nitrogens with one attached hydrogen (secondary N) is 1. The van der Waals surface area contributed by atoms with Gasteiger partial charge in [-0.1, -0.05) is 68.5 Å². The van der Waals surface area contributed by atoms with E-state index < -0.39 is 0 Å². The maximum absolute atomic E-state index is 3.54. The summed E-state index contributed by atoms with van der Waals surface area (Å²) in [5.41, 5.74) is 10.4. The maximum Gasteiger partial charge on any atom is 0.0280 e. The Kier molecular flexibility index (Phi) is 4.35. The van der Waals surface area contributed by atoms with E-state index in [2.05, 4.69) is 80.8 Å². The second kappa shape index (κ2) is 6.65. The molecule has 4 rings (SSSR count). The summed E-state index contributed by atoms with van der Waals surface area (Å²) in [4.78, 5) is 0. The molecule has 25 heavy (non-hydrogen) atoms. The van der Waals surface area contributed by atoms with Gasteiger partial charge < -0.3 is 5.32 Å². The molecule has 1 heteroatoms. The van der Waals surface area contributed by atoms with Gasteiger partial charge in [-0.3, -0.25) is 0 Å². The maximum atomic E-state index is 3.54. The zero-order chi connectivity index (χ0) is 17.4. The molecule has 2 unspecified atom stereocenters. The first kappa shape index (κ1) is 16.4. The van der Waals surface area contributed by atoms with Gasteiger partial charge in [0.05, 0.1) is 0 Å². The van der Waals surface area contributed by atoms with Gasteiger partial charge >= 0.3 is 0 Å². The second-order valence-electron chi connectivity index (χ2n) is 7.20. The van der Waals surface area contributed by atoms with Crippen LogP contribution in [-0.4, -0.2) is 13.1 Å². The topological polar surface area (TPSA) is 12.0 Å². The first-order valence-electron chi connectivity index (χ1n) is 9.55. The zero-order valence-corrected chi connectivity index (χ0v) is 15.5. The predicted molar refractivity (Wildman–Crippen MR) is 108 cm³/mol. The lowest BCUT2D eigenvalue weighted by atomic mass is 9.83. The van der Waals surface area contributed by atoms with Gasteiger partial charge in [-0.2, -0.15) is 0 Å². The molecule has 0 aromatic heterocycles. The largest absolute Gasteiger partial charge is 0.313 e. The summed E-state index contributed by atoms with van der Waals surface area (Å²) in [5.74, 6) is 0.468. The van der Waals surface area contributed by atoms with Crippen LogP contribution in [0.4, 0.5) is 0 Å². The zero-order valence-electron chi connectivity index (χ0n) is 15.5. The quantitative estimate of drug-likeness (QED) is 0.731. The Bertz CT molecular complexity index is 838. The minimum Gasteiger partial charge on any atom is -0.313 e. The predicted octanol–water partition coefficient (Wildman–Crippen LogP) is 5.94. The SMILES string of the molecule is CCC(NC)C1=C2C(=CCC1)c1cccc(-c3ccccc3)c1C2C. The van der Waals surface area contributed by atoms with E-state index in [1.807, 2.05) is 0 Å². The van der Waals surface area contributed by atoms with Gasteiger partial charge in [0, 0.05) is 12.0 Å². The molecule has 0 spiro atoms. The molecule has 128 valence electrons. The van der Waals surface area contributed by atoms with E-state index >= 15 is 0 Å². The van der Waals surface area contributed by atoms with Crippen LogP contribution in [0.15, 0.2) is 65.8 Å². The average Bonchev–Trinajstić information content (AvgIpc) is 2.97. The molecule has 1 N–H and O–H groups in total. The molecule has 0 saturated heterocycles. The van der Waals surface area contributed by atoms with Crippen molar-refractivity contribution in [3.63, 3.8) is 0 Å². The van der Waals surface area contributed by atoms with Crippen molar-refractivity contribution in [3.8, 4) is 11.1 Å². The highest BCUT2D eigenvalue weighted by molar-refractivity contribution is 5.93.